The van der Waals surface area contributed by atoms with Crippen LogP contribution in [0.4, 0.5) is 5.69 Å². The maximum atomic E-state index is 9.37. The molecule has 0 aliphatic heterocycles. The van der Waals surface area contributed by atoms with E-state index in [1.54, 1.807) is 7.11 Å². The predicted octanol–water partition coefficient (Wildman–Crippen LogP) is 1.63. The van der Waals surface area contributed by atoms with Crippen LogP contribution in [0.3, 0.4) is 0 Å². The highest BCUT2D eigenvalue weighted by atomic mass is 16.5. The minimum absolute atomic E-state index is 0.209. The molecule has 4 heteroatoms. The van der Waals surface area contributed by atoms with Crippen LogP contribution in [-0.2, 0) is 0 Å². The Morgan fingerprint density at radius 3 is 2.89 bits per heavy atom. The van der Waals surface area contributed by atoms with Crippen molar-refractivity contribution in [2.24, 2.45) is 0 Å². The lowest BCUT2D eigenvalue weighted by Crippen LogP contribution is -2.37. The highest BCUT2D eigenvalue weighted by molar-refractivity contribution is 5.50. The first-order chi connectivity index (χ1) is 9.22. The second kappa shape index (κ2) is 6.78. The Kier molecular flexibility index (Phi) is 5.05. The van der Waals surface area contributed by atoms with Crippen molar-refractivity contribution >= 4 is 5.69 Å². The Balaban J connectivity index is 1.82. The van der Waals surface area contributed by atoms with E-state index >= 15 is 0 Å². The first kappa shape index (κ1) is 14.2. The molecule has 0 radical (unpaired) electrons. The number of methoxy groups -OCH3 is 1. The lowest BCUT2D eigenvalue weighted by Gasteiger charge is -2.23. The van der Waals surface area contributed by atoms with E-state index < -0.39 is 0 Å². The third-order valence-corrected chi connectivity index (χ3v) is 3.58. The summed E-state index contributed by atoms with van der Waals surface area (Å²) in [6.07, 6.45) is 3.45. The van der Waals surface area contributed by atoms with E-state index in [4.69, 9.17) is 4.74 Å². The summed E-state index contributed by atoms with van der Waals surface area (Å²) in [5.74, 6) is 0.874. The van der Waals surface area contributed by atoms with Gasteiger partial charge in [-0.3, -0.25) is 0 Å². The van der Waals surface area contributed by atoms with Crippen LogP contribution >= 0.6 is 0 Å². The number of anilines is 1. The van der Waals surface area contributed by atoms with Crippen molar-refractivity contribution < 1.29 is 9.84 Å². The van der Waals surface area contributed by atoms with Crippen molar-refractivity contribution in [2.75, 3.05) is 32.2 Å². The number of aliphatic hydroxyl groups excluding tert-OH is 1. The van der Waals surface area contributed by atoms with E-state index in [0.717, 1.165) is 24.4 Å². The van der Waals surface area contributed by atoms with Gasteiger partial charge in [0, 0.05) is 37.4 Å². The van der Waals surface area contributed by atoms with E-state index in [2.05, 4.69) is 23.3 Å². The second-order valence-corrected chi connectivity index (χ2v) is 5.23. The normalized spacial score (nSPS) is 16.2. The first-order valence-corrected chi connectivity index (χ1v) is 6.95. The molecule has 1 aromatic rings. The van der Waals surface area contributed by atoms with Crippen molar-refractivity contribution in [2.45, 2.75) is 31.3 Å². The molecule has 1 unspecified atom stereocenters. The zero-order chi connectivity index (χ0) is 13.7. The monoisotopic (exact) mass is 264 g/mol. The Bertz CT molecular complexity index is 393. The van der Waals surface area contributed by atoms with E-state index in [0.29, 0.717) is 6.04 Å². The third-order valence-electron chi connectivity index (χ3n) is 3.58. The number of nitrogens with zero attached hydrogens (tertiary/aromatic N) is 1. The maximum Gasteiger partial charge on any atom is 0.120 e. The lowest BCUT2D eigenvalue weighted by atomic mass is 10.2. The van der Waals surface area contributed by atoms with Gasteiger partial charge in [-0.25, -0.2) is 0 Å². The molecule has 2 rings (SSSR count). The molecule has 2 N–H and O–H groups in total. The smallest absolute Gasteiger partial charge is 0.120 e. The largest absolute Gasteiger partial charge is 0.497 e. The van der Waals surface area contributed by atoms with Crippen LogP contribution < -0.4 is 15.0 Å². The molecule has 1 saturated carbocycles. The van der Waals surface area contributed by atoms with Crippen LogP contribution in [0.25, 0.3) is 0 Å². The van der Waals surface area contributed by atoms with Crippen LogP contribution in [0.15, 0.2) is 24.3 Å². The fourth-order valence-corrected chi connectivity index (χ4v) is 2.14. The molecule has 19 heavy (non-hydrogen) atoms. The number of benzene rings is 1. The lowest BCUT2D eigenvalue weighted by molar-refractivity contribution is 0.235. The van der Waals surface area contributed by atoms with Gasteiger partial charge >= 0.3 is 0 Å². The topological polar surface area (TPSA) is 44.7 Å². The summed E-state index contributed by atoms with van der Waals surface area (Å²) >= 11 is 0. The summed E-state index contributed by atoms with van der Waals surface area (Å²) in [4.78, 5) is 2.19. The molecule has 1 aliphatic rings. The molecule has 1 aromatic carbocycles. The SMILES string of the molecule is COc1cccc(N(C)CCC(CO)NC2CC2)c1. The fourth-order valence-electron chi connectivity index (χ4n) is 2.14. The highest BCUT2D eigenvalue weighted by Gasteiger charge is 2.24. The van der Waals surface area contributed by atoms with E-state index in [9.17, 15) is 5.11 Å². The second-order valence-electron chi connectivity index (χ2n) is 5.23. The summed E-state index contributed by atoms with van der Waals surface area (Å²) in [6, 6.07) is 8.89. The van der Waals surface area contributed by atoms with Gasteiger partial charge in [0.2, 0.25) is 0 Å². The van der Waals surface area contributed by atoms with Gasteiger partial charge < -0.3 is 20.1 Å². The minimum Gasteiger partial charge on any atom is -0.497 e. The number of aliphatic hydroxyl groups is 1. The molecule has 0 aromatic heterocycles. The van der Waals surface area contributed by atoms with E-state index in [1.807, 2.05) is 18.2 Å². The Morgan fingerprint density at radius 1 is 1.47 bits per heavy atom. The average Bonchev–Trinajstić information content (AvgIpc) is 3.27. The Labute approximate surface area is 115 Å². The number of ether oxygens (including phenoxy) is 1. The molecule has 0 heterocycles. The number of rotatable bonds is 8. The Morgan fingerprint density at radius 2 is 2.26 bits per heavy atom. The Hall–Kier alpha value is -1.26. The molecule has 1 atom stereocenters. The summed E-state index contributed by atoms with van der Waals surface area (Å²) in [5.41, 5.74) is 1.14. The quantitative estimate of drug-likeness (QED) is 0.749. The molecule has 0 amide bonds. The fraction of sp³-hybridized carbons (Fsp3) is 0.600. The predicted molar refractivity (Wildman–Crippen MR) is 77.9 cm³/mol. The van der Waals surface area contributed by atoms with Crippen molar-refractivity contribution in [3.8, 4) is 5.75 Å². The van der Waals surface area contributed by atoms with E-state index in [1.165, 1.54) is 12.8 Å². The zero-order valence-electron chi connectivity index (χ0n) is 11.8. The first-order valence-electron chi connectivity index (χ1n) is 6.95. The van der Waals surface area contributed by atoms with Crippen LogP contribution in [0.1, 0.15) is 19.3 Å². The van der Waals surface area contributed by atoms with Crippen LogP contribution in [0.5, 0.6) is 5.75 Å². The summed E-state index contributed by atoms with van der Waals surface area (Å²) in [5, 5.41) is 12.8. The van der Waals surface area contributed by atoms with Gasteiger partial charge in [-0.05, 0) is 31.4 Å². The number of hydrogen-bond donors (Lipinski definition) is 2. The van der Waals surface area contributed by atoms with Crippen LogP contribution in [0, 0.1) is 0 Å². The van der Waals surface area contributed by atoms with Gasteiger partial charge in [0.1, 0.15) is 5.75 Å². The van der Waals surface area contributed by atoms with Gasteiger partial charge in [0.05, 0.1) is 13.7 Å². The summed E-state index contributed by atoms with van der Waals surface area (Å²) < 4.78 is 5.23. The molecular formula is C15H24N2O2. The van der Waals surface area contributed by atoms with Gasteiger partial charge in [0.15, 0.2) is 0 Å². The number of nitrogens with one attached hydrogen (secondary N) is 1. The molecule has 1 aliphatic carbocycles. The van der Waals surface area contributed by atoms with E-state index in [-0.39, 0.29) is 12.6 Å². The summed E-state index contributed by atoms with van der Waals surface area (Å²) in [6.45, 7) is 1.13. The third kappa shape index (κ3) is 4.40. The van der Waals surface area contributed by atoms with Crippen molar-refractivity contribution in [3.05, 3.63) is 24.3 Å². The molecule has 0 saturated heterocycles. The molecular weight excluding hydrogens is 240 g/mol. The number of hydrogen-bond acceptors (Lipinski definition) is 4. The van der Waals surface area contributed by atoms with Gasteiger partial charge in [-0.1, -0.05) is 6.07 Å². The van der Waals surface area contributed by atoms with Crippen LogP contribution in [-0.4, -0.2) is 44.5 Å². The van der Waals surface area contributed by atoms with Crippen molar-refractivity contribution in [3.63, 3.8) is 0 Å². The molecule has 1 fully saturated rings. The zero-order valence-corrected chi connectivity index (χ0v) is 11.8. The van der Waals surface area contributed by atoms with Crippen molar-refractivity contribution in [1.82, 2.24) is 5.32 Å². The van der Waals surface area contributed by atoms with Crippen molar-refractivity contribution in [1.29, 1.82) is 0 Å². The average molecular weight is 264 g/mol. The minimum atomic E-state index is 0.209. The highest BCUT2D eigenvalue weighted by Crippen LogP contribution is 2.21. The molecule has 106 valence electrons. The van der Waals surface area contributed by atoms with Gasteiger partial charge in [0.25, 0.3) is 0 Å². The molecule has 0 bridgehead atoms. The molecule has 0 spiro atoms. The summed E-state index contributed by atoms with van der Waals surface area (Å²) in [7, 11) is 3.75. The maximum absolute atomic E-state index is 9.37. The van der Waals surface area contributed by atoms with Gasteiger partial charge in [-0.15, -0.1) is 0 Å². The van der Waals surface area contributed by atoms with Gasteiger partial charge in [-0.2, -0.15) is 0 Å². The standard InChI is InChI=1S/C15H24N2O2/c1-17(14-4-3-5-15(10-14)19-2)9-8-13(11-18)16-12-6-7-12/h3-5,10,12-13,16,18H,6-9,11H2,1-2H3. The molecule has 4 nitrogen and oxygen atoms in total. The van der Waals surface area contributed by atoms with Crippen LogP contribution in [0.2, 0.25) is 0 Å².